The first-order valence-electron chi connectivity index (χ1n) is 5.97. The van der Waals surface area contributed by atoms with E-state index < -0.39 is 18.5 Å². The Labute approximate surface area is 99.4 Å². The van der Waals surface area contributed by atoms with Crippen LogP contribution in [0.25, 0.3) is 0 Å². The average Bonchev–Trinajstić information content (AvgIpc) is 2.25. The molecule has 0 aromatic rings. The number of carbonyl (C=O) groups excluding carboxylic acids is 1. The van der Waals surface area contributed by atoms with Crippen LogP contribution >= 0.6 is 0 Å². The topological polar surface area (TPSA) is 32.3 Å². The third kappa shape index (κ3) is 4.18. The largest absolute Gasteiger partial charge is 0.397 e. The zero-order valence-corrected chi connectivity index (χ0v) is 10.2. The minimum Gasteiger partial charge on any atom is -0.337 e. The van der Waals surface area contributed by atoms with Crippen LogP contribution in [0.5, 0.6) is 0 Å². The number of carbonyl (C=O) groups is 1. The lowest BCUT2D eigenvalue weighted by atomic mass is 10.0. The number of alkyl halides is 3. The highest BCUT2D eigenvalue weighted by Crippen LogP contribution is 2.23. The van der Waals surface area contributed by atoms with Gasteiger partial charge in [0.25, 0.3) is 0 Å². The standard InChI is InChI=1S/C11H19F3N2O/c1-3-8-7-16(9(4-2)6-15-8)10(17)5-11(12,13)14/h8-9,15H,3-7H2,1-2H3. The molecule has 100 valence electrons. The lowest BCUT2D eigenvalue weighted by Crippen LogP contribution is -2.58. The van der Waals surface area contributed by atoms with E-state index in [1.54, 1.807) is 0 Å². The van der Waals surface area contributed by atoms with Gasteiger partial charge in [-0.25, -0.2) is 0 Å². The molecule has 1 heterocycles. The minimum atomic E-state index is -4.41. The summed E-state index contributed by atoms with van der Waals surface area (Å²) in [6.07, 6.45) is -4.28. The molecule has 0 aromatic heterocycles. The molecule has 6 heteroatoms. The van der Waals surface area contributed by atoms with Gasteiger partial charge in [-0.2, -0.15) is 13.2 Å². The summed E-state index contributed by atoms with van der Waals surface area (Å²) < 4.78 is 36.6. The summed E-state index contributed by atoms with van der Waals surface area (Å²) in [5, 5.41) is 3.24. The van der Waals surface area contributed by atoms with Crippen LogP contribution in [-0.4, -0.2) is 42.2 Å². The third-order valence-corrected chi connectivity index (χ3v) is 3.14. The van der Waals surface area contributed by atoms with Gasteiger partial charge in [0.15, 0.2) is 0 Å². The van der Waals surface area contributed by atoms with Gasteiger partial charge in [0, 0.05) is 25.2 Å². The summed E-state index contributed by atoms with van der Waals surface area (Å²) in [4.78, 5) is 13.0. The number of hydrogen-bond donors (Lipinski definition) is 1. The Hall–Kier alpha value is -0.780. The van der Waals surface area contributed by atoms with Gasteiger partial charge in [-0.05, 0) is 12.8 Å². The highest BCUT2D eigenvalue weighted by Gasteiger charge is 2.37. The van der Waals surface area contributed by atoms with Gasteiger partial charge in [0.2, 0.25) is 5.91 Å². The van der Waals surface area contributed by atoms with Crippen LogP contribution in [0.2, 0.25) is 0 Å². The van der Waals surface area contributed by atoms with Crippen molar-refractivity contribution in [3.05, 3.63) is 0 Å². The molecule has 0 aromatic carbocycles. The van der Waals surface area contributed by atoms with Crippen LogP contribution in [0.1, 0.15) is 33.1 Å². The molecule has 1 N–H and O–H groups in total. The molecule has 0 bridgehead atoms. The van der Waals surface area contributed by atoms with Crippen molar-refractivity contribution in [1.82, 2.24) is 10.2 Å². The molecule has 0 saturated carbocycles. The molecule has 0 aliphatic carbocycles. The molecule has 0 radical (unpaired) electrons. The second-order valence-electron chi connectivity index (χ2n) is 4.41. The Kier molecular flexibility index (Phi) is 4.80. The lowest BCUT2D eigenvalue weighted by Gasteiger charge is -2.40. The van der Waals surface area contributed by atoms with Crippen LogP contribution in [0.3, 0.4) is 0 Å². The normalized spacial score (nSPS) is 26.1. The number of hydrogen-bond acceptors (Lipinski definition) is 2. The van der Waals surface area contributed by atoms with E-state index >= 15 is 0 Å². The molecule has 3 nitrogen and oxygen atoms in total. The zero-order chi connectivity index (χ0) is 13.1. The number of rotatable bonds is 3. The van der Waals surface area contributed by atoms with Crippen molar-refractivity contribution in [1.29, 1.82) is 0 Å². The highest BCUT2D eigenvalue weighted by atomic mass is 19.4. The van der Waals surface area contributed by atoms with E-state index in [0.29, 0.717) is 19.5 Å². The Bertz CT molecular complexity index is 268. The van der Waals surface area contributed by atoms with Crippen LogP contribution in [0, 0.1) is 0 Å². The van der Waals surface area contributed by atoms with Gasteiger partial charge in [-0.15, -0.1) is 0 Å². The molecule has 17 heavy (non-hydrogen) atoms. The number of nitrogens with one attached hydrogen (secondary N) is 1. The monoisotopic (exact) mass is 252 g/mol. The van der Waals surface area contributed by atoms with Crippen molar-refractivity contribution < 1.29 is 18.0 Å². The number of amides is 1. The lowest BCUT2D eigenvalue weighted by molar-refractivity contribution is -0.164. The molecule has 1 fully saturated rings. The van der Waals surface area contributed by atoms with E-state index in [0.717, 1.165) is 6.42 Å². The first kappa shape index (κ1) is 14.3. The Balaban J connectivity index is 2.66. The fourth-order valence-corrected chi connectivity index (χ4v) is 2.08. The van der Waals surface area contributed by atoms with Crippen molar-refractivity contribution in [2.24, 2.45) is 0 Å². The molecular formula is C11H19F3N2O. The molecule has 1 saturated heterocycles. The highest BCUT2D eigenvalue weighted by molar-refractivity contribution is 5.77. The predicted octanol–water partition coefficient (Wildman–Crippen LogP) is 1.93. The molecule has 2 unspecified atom stereocenters. The van der Waals surface area contributed by atoms with Crippen LogP contribution in [0.15, 0.2) is 0 Å². The molecule has 1 rings (SSSR count). The summed E-state index contributed by atoms with van der Waals surface area (Å²) in [5.74, 6) is -0.802. The Morgan fingerprint density at radius 3 is 2.47 bits per heavy atom. The molecule has 1 aliphatic rings. The van der Waals surface area contributed by atoms with Gasteiger partial charge in [0.1, 0.15) is 6.42 Å². The summed E-state index contributed by atoms with van der Waals surface area (Å²) in [7, 11) is 0. The third-order valence-electron chi connectivity index (χ3n) is 3.14. The second kappa shape index (κ2) is 5.71. The van der Waals surface area contributed by atoms with Gasteiger partial charge in [0.05, 0.1) is 0 Å². The predicted molar refractivity (Wildman–Crippen MR) is 58.5 cm³/mol. The molecule has 2 atom stereocenters. The van der Waals surface area contributed by atoms with E-state index in [4.69, 9.17) is 0 Å². The van der Waals surface area contributed by atoms with E-state index in [9.17, 15) is 18.0 Å². The smallest absolute Gasteiger partial charge is 0.337 e. The van der Waals surface area contributed by atoms with Crippen LogP contribution in [-0.2, 0) is 4.79 Å². The van der Waals surface area contributed by atoms with Crippen molar-refractivity contribution in [3.63, 3.8) is 0 Å². The van der Waals surface area contributed by atoms with Gasteiger partial charge in [-0.3, -0.25) is 4.79 Å². The Morgan fingerprint density at radius 2 is 2.00 bits per heavy atom. The van der Waals surface area contributed by atoms with E-state index in [2.05, 4.69) is 5.32 Å². The minimum absolute atomic E-state index is 0.106. The fraction of sp³-hybridized carbons (Fsp3) is 0.909. The van der Waals surface area contributed by atoms with Gasteiger partial charge in [-0.1, -0.05) is 13.8 Å². The van der Waals surface area contributed by atoms with E-state index in [-0.39, 0.29) is 12.1 Å². The average molecular weight is 252 g/mol. The van der Waals surface area contributed by atoms with Crippen molar-refractivity contribution in [3.8, 4) is 0 Å². The molecule has 1 amide bonds. The summed E-state index contributed by atoms with van der Waals surface area (Å²) in [6, 6.07) is -0.0115. The molecule has 0 spiro atoms. The van der Waals surface area contributed by atoms with Crippen LogP contribution in [0.4, 0.5) is 13.2 Å². The molecule has 1 aliphatic heterocycles. The zero-order valence-electron chi connectivity index (χ0n) is 10.2. The summed E-state index contributed by atoms with van der Waals surface area (Å²) in [5.41, 5.74) is 0. The summed E-state index contributed by atoms with van der Waals surface area (Å²) in [6.45, 7) is 4.80. The maximum Gasteiger partial charge on any atom is 0.397 e. The fourth-order valence-electron chi connectivity index (χ4n) is 2.08. The maximum atomic E-state index is 12.2. The first-order valence-corrected chi connectivity index (χ1v) is 5.97. The Morgan fingerprint density at radius 1 is 1.35 bits per heavy atom. The first-order chi connectivity index (χ1) is 7.87. The number of nitrogens with zero attached hydrogens (tertiary/aromatic N) is 1. The second-order valence-corrected chi connectivity index (χ2v) is 4.41. The number of piperazine rings is 1. The van der Waals surface area contributed by atoms with Gasteiger partial charge < -0.3 is 10.2 Å². The maximum absolute atomic E-state index is 12.2. The summed E-state index contributed by atoms with van der Waals surface area (Å²) >= 11 is 0. The number of halogens is 3. The van der Waals surface area contributed by atoms with Crippen molar-refractivity contribution >= 4 is 5.91 Å². The van der Waals surface area contributed by atoms with Gasteiger partial charge >= 0.3 is 6.18 Å². The molecular weight excluding hydrogens is 233 g/mol. The van der Waals surface area contributed by atoms with E-state index in [1.165, 1.54) is 4.90 Å². The quantitative estimate of drug-likeness (QED) is 0.832. The SMILES string of the molecule is CCC1CN(C(=O)CC(F)(F)F)C(CC)CN1. The van der Waals surface area contributed by atoms with E-state index in [1.807, 2.05) is 13.8 Å². The van der Waals surface area contributed by atoms with Crippen molar-refractivity contribution in [2.75, 3.05) is 13.1 Å². The van der Waals surface area contributed by atoms with Crippen molar-refractivity contribution in [2.45, 2.75) is 51.4 Å². The van der Waals surface area contributed by atoms with Crippen LogP contribution < -0.4 is 5.32 Å².